The number of nitrogens with two attached hydrogens (primary N) is 1. The van der Waals surface area contributed by atoms with Gasteiger partial charge in [-0.1, -0.05) is 11.6 Å². The molecular formula is C28H27ClFN7O3. The molecule has 0 bridgehead atoms. The summed E-state index contributed by atoms with van der Waals surface area (Å²) in [5.74, 6) is 0.720. The maximum absolute atomic E-state index is 13.5. The van der Waals surface area contributed by atoms with Crippen molar-refractivity contribution in [3.63, 3.8) is 0 Å². The molecule has 12 heteroatoms. The smallest absolute Gasteiger partial charge is 0.261 e. The predicted molar refractivity (Wildman–Crippen MR) is 145 cm³/mol. The van der Waals surface area contributed by atoms with Gasteiger partial charge < -0.3 is 20.1 Å². The van der Waals surface area contributed by atoms with Crippen molar-refractivity contribution in [2.45, 2.75) is 25.5 Å². The Hall–Kier alpha value is -4.09. The maximum Gasteiger partial charge on any atom is 0.261 e. The van der Waals surface area contributed by atoms with Gasteiger partial charge in [0.05, 0.1) is 24.0 Å². The maximum atomic E-state index is 13.5. The van der Waals surface area contributed by atoms with Crippen molar-refractivity contribution in [1.82, 2.24) is 29.6 Å². The Morgan fingerprint density at radius 3 is 2.45 bits per heavy atom. The third-order valence-corrected chi connectivity index (χ3v) is 7.65. The van der Waals surface area contributed by atoms with E-state index < -0.39 is 5.54 Å². The minimum Gasteiger partial charge on any atom is -0.479 e. The lowest BCUT2D eigenvalue weighted by molar-refractivity contribution is 0.0748. The molecule has 0 radical (unpaired) electrons. The highest BCUT2D eigenvalue weighted by atomic mass is 35.5. The highest BCUT2D eigenvalue weighted by molar-refractivity contribution is 6.34. The summed E-state index contributed by atoms with van der Waals surface area (Å²) in [7, 11) is 1.47. The van der Waals surface area contributed by atoms with Gasteiger partial charge in [-0.15, -0.1) is 5.10 Å². The lowest BCUT2D eigenvalue weighted by Crippen LogP contribution is -2.33. The Morgan fingerprint density at radius 1 is 1.15 bits per heavy atom. The van der Waals surface area contributed by atoms with Gasteiger partial charge in [-0.2, -0.15) is 0 Å². The van der Waals surface area contributed by atoms with Crippen LogP contribution in [0.3, 0.4) is 0 Å². The van der Waals surface area contributed by atoms with Gasteiger partial charge in [0, 0.05) is 54.5 Å². The molecule has 6 rings (SSSR count). The van der Waals surface area contributed by atoms with Gasteiger partial charge in [0.1, 0.15) is 17.5 Å². The number of halogens is 2. The number of benzene rings is 1. The largest absolute Gasteiger partial charge is 0.479 e. The Bertz CT molecular complexity index is 1560. The number of methoxy groups -OCH3 is 1. The average molecular weight is 564 g/mol. The third-order valence-electron chi connectivity index (χ3n) is 7.27. The SMILES string of the molecule is COc1nn(-c2ncccn2)cc1C(=O)N1C[C@@H]2[C@H](C1)[C@@H]2Oc1cc(C(C)(C)N)c(Cl)c(-c2ccc(F)cc2)n1. The molecule has 3 aromatic heterocycles. The van der Waals surface area contributed by atoms with Gasteiger partial charge in [-0.25, -0.2) is 24.0 Å². The predicted octanol–water partition coefficient (Wildman–Crippen LogP) is 3.87. The minimum absolute atomic E-state index is 0.102. The Balaban J connectivity index is 1.19. The lowest BCUT2D eigenvalue weighted by Gasteiger charge is -2.24. The van der Waals surface area contributed by atoms with Crippen LogP contribution < -0.4 is 15.2 Å². The molecule has 1 aliphatic heterocycles. The number of carbonyl (C=O) groups excluding carboxylic acids is 1. The van der Waals surface area contributed by atoms with Crippen molar-refractivity contribution >= 4 is 17.5 Å². The number of nitrogens with zero attached hydrogens (tertiary/aromatic N) is 6. The number of amides is 1. The second-order valence-corrected chi connectivity index (χ2v) is 10.9. The van der Waals surface area contributed by atoms with Crippen LogP contribution in [0.4, 0.5) is 4.39 Å². The van der Waals surface area contributed by atoms with Crippen LogP contribution in [0.25, 0.3) is 17.2 Å². The normalized spacial score (nSPS) is 19.9. The fourth-order valence-corrected chi connectivity index (χ4v) is 5.57. The standard InChI is InChI=1S/C28H27ClFN7O3/c1-28(2,31)20-11-21(34-23(22(20)29)15-5-7-16(30)8-6-15)40-24-17-12-36(13-18(17)24)26(38)19-14-37(35-25(19)39-3)27-32-9-4-10-33-27/h4-11,14,17-18,24H,12-13,31H2,1-3H3/t17-,18+,24-. The van der Waals surface area contributed by atoms with Gasteiger partial charge in [0.15, 0.2) is 0 Å². The molecule has 1 amide bonds. The van der Waals surface area contributed by atoms with Gasteiger partial charge in [-0.05, 0) is 49.7 Å². The van der Waals surface area contributed by atoms with Crippen molar-refractivity contribution < 1.29 is 18.7 Å². The number of likely N-dealkylation sites (tertiary alicyclic amines) is 1. The van der Waals surface area contributed by atoms with Crippen LogP contribution in [0.2, 0.25) is 5.02 Å². The van der Waals surface area contributed by atoms with Crippen LogP contribution in [0.15, 0.2) is 55.0 Å². The number of aromatic nitrogens is 5. The number of ether oxygens (including phenoxy) is 2. The lowest BCUT2D eigenvalue weighted by atomic mass is 9.94. The molecule has 2 fully saturated rings. The van der Waals surface area contributed by atoms with Gasteiger partial charge >= 0.3 is 0 Å². The number of hydrogen-bond acceptors (Lipinski definition) is 8. The Kier molecular flexibility index (Phi) is 6.42. The highest BCUT2D eigenvalue weighted by Gasteiger charge is 2.59. The summed E-state index contributed by atoms with van der Waals surface area (Å²) in [6, 6.07) is 9.42. The summed E-state index contributed by atoms with van der Waals surface area (Å²) < 4.78 is 26.6. The molecule has 1 saturated carbocycles. The van der Waals surface area contributed by atoms with Crippen molar-refractivity contribution in [3.05, 3.63) is 77.0 Å². The summed E-state index contributed by atoms with van der Waals surface area (Å²) in [6.45, 7) is 4.75. The average Bonchev–Trinajstić information content (AvgIpc) is 3.27. The first-order valence-corrected chi connectivity index (χ1v) is 13.1. The van der Waals surface area contributed by atoms with E-state index in [4.69, 9.17) is 26.8 Å². The van der Waals surface area contributed by atoms with Crippen molar-refractivity contribution in [2.24, 2.45) is 17.6 Å². The van der Waals surface area contributed by atoms with E-state index in [0.717, 1.165) is 0 Å². The van der Waals surface area contributed by atoms with E-state index in [1.807, 2.05) is 13.8 Å². The quantitative estimate of drug-likeness (QED) is 0.360. The van der Waals surface area contributed by atoms with E-state index >= 15 is 0 Å². The van der Waals surface area contributed by atoms with Crippen molar-refractivity contribution in [1.29, 1.82) is 0 Å². The van der Waals surface area contributed by atoms with Gasteiger partial charge in [-0.3, -0.25) is 4.79 Å². The number of carbonyl (C=O) groups is 1. The minimum atomic E-state index is -0.760. The second kappa shape index (κ2) is 9.83. The number of fused-ring (bicyclic) bond motifs is 1. The fourth-order valence-electron chi connectivity index (χ4n) is 5.12. The van der Waals surface area contributed by atoms with E-state index in [1.54, 1.807) is 47.8 Å². The molecule has 10 nitrogen and oxygen atoms in total. The van der Waals surface area contributed by atoms with E-state index in [-0.39, 0.29) is 35.5 Å². The van der Waals surface area contributed by atoms with Crippen LogP contribution in [0.5, 0.6) is 11.8 Å². The zero-order valence-corrected chi connectivity index (χ0v) is 22.8. The van der Waals surface area contributed by atoms with Crippen LogP contribution in [0.1, 0.15) is 29.8 Å². The first kappa shape index (κ1) is 26.1. The van der Waals surface area contributed by atoms with E-state index in [2.05, 4.69) is 20.1 Å². The molecule has 1 aromatic carbocycles. The molecule has 1 saturated heterocycles. The summed E-state index contributed by atoms with van der Waals surface area (Å²) in [6.07, 6.45) is 4.68. The Morgan fingerprint density at radius 2 is 1.82 bits per heavy atom. The van der Waals surface area contributed by atoms with Crippen LogP contribution in [-0.2, 0) is 5.54 Å². The monoisotopic (exact) mass is 563 g/mol. The molecule has 1 aliphatic carbocycles. The molecule has 0 spiro atoms. The van der Waals surface area contributed by atoms with Crippen LogP contribution >= 0.6 is 11.6 Å². The molecule has 4 aromatic rings. The van der Waals surface area contributed by atoms with E-state index in [1.165, 1.54) is 23.9 Å². The van der Waals surface area contributed by atoms with Crippen molar-refractivity contribution in [2.75, 3.05) is 20.2 Å². The molecule has 0 unspecified atom stereocenters. The molecule has 3 atom stereocenters. The summed E-state index contributed by atoms with van der Waals surface area (Å²) in [4.78, 5) is 28.1. The number of pyridine rings is 1. The third kappa shape index (κ3) is 4.75. The molecular weight excluding hydrogens is 537 g/mol. The van der Waals surface area contributed by atoms with Gasteiger partial charge in [0.25, 0.3) is 11.9 Å². The zero-order valence-electron chi connectivity index (χ0n) is 22.1. The number of hydrogen-bond donors (Lipinski definition) is 1. The summed E-state index contributed by atoms with van der Waals surface area (Å²) in [5, 5.41) is 4.71. The fraction of sp³-hybridized carbons (Fsp3) is 0.321. The first-order valence-electron chi connectivity index (χ1n) is 12.8. The topological polar surface area (TPSA) is 121 Å². The van der Waals surface area contributed by atoms with E-state index in [0.29, 0.717) is 52.3 Å². The highest BCUT2D eigenvalue weighted by Crippen LogP contribution is 2.49. The zero-order chi connectivity index (χ0) is 28.2. The van der Waals surface area contributed by atoms with Crippen molar-refractivity contribution in [3.8, 4) is 29.0 Å². The number of piperidine rings is 1. The second-order valence-electron chi connectivity index (χ2n) is 10.6. The van der Waals surface area contributed by atoms with Crippen LogP contribution in [0, 0.1) is 17.7 Å². The Labute approximate surface area is 234 Å². The molecule has 4 heterocycles. The van der Waals surface area contributed by atoms with Gasteiger partial charge in [0.2, 0.25) is 11.8 Å². The van der Waals surface area contributed by atoms with E-state index in [9.17, 15) is 9.18 Å². The summed E-state index contributed by atoms with van der Waals surface area (Å²) in [5.41, 5.74) is 7.79. The van der Waals surface area contributed by atoms with Crippen LogP contribution in [-0.4, -0.2) is 61.8 Å². The first-order chi connectivity index (χ1) is 19.1. The molecule has 206 valence electrons. The molecule has 2 aliphatic rings. The molecule has 40 heavy (non-hydrogen) atoms. The summed E-state index contributed by atoms with van der Waals surface area (Å²) >= 11 is 6.70. The number of rotatable bonds is 7. The molecule has 2 N–H and O–H groups in total.